The predicted octanol–water partition coefficient (Wildman–Crippen LogP) is 3.53. The Morgan fingerprint density at radius 2 is 2.42 bits per heavy atom. The van der Waals surface area contributed by atoms with Gasteiger partial charge in [0.05, 0.1) is 10.3 Å². The quantitative estimate of drug-likeness (QED) is 0.532. The normalized spacial score (nSPS) is 9.58. The molecule has 0 aliphatic heterocycles. The molecule has 1 aromatic heterocycles. The first kappa shape index (κ1) is 9.63. The van der Waals surface area contributed by atoms with Gasteiger partial charge in [0.15, 0.2) is 0 Å². The summed E-state index contributed by atoms with van der Waals surface area (Å²) >= 11 is 3.67. The third-order valence-electron chi connectivity index (χ3n) is 1.42. The molecule has 1 rings (SSSR count). The van der Waals surface area contributed by atoms with Gasteiger partial charge in [-0.1, -0.05) is 6.07 Å². The maximum atomic E-state index is 8.29. The minimum Gasteiger partial charge on any atom is -0.198 e. The van der Waals surface area contributed by atoms with Crippen molar-refractivity contribution in [1.29, 1.82) is 5.26 Å². The first-order valence-corrected chi connectivity index (χ1v) is 5.83. The first-order valence-electron chi connectivity index (χ1n) is 3.97. The molecule has 0 spiro atoms. The predicted molar refractivity (Wildman–Crippen MR) is 54.5 cm³/mol. The highest BCUT2D eigenvalue weighted by Crippen LogP contribution is 2.24. The van der Waals surface area contributed by atoms with Crippen LogP contribution in [0.4, 0.5) is 0 Å². The van der Waals surface area contributed by atoms with Crippen molar-refractivity contribution >= 4 is 23.1 Å². The highest BCUT2D eigenvalue weighted by molar-refractivity contribution is 8.01. The summed E-state index contributed by atoms with van der Waals surface area (Å²) in [5, 5.41) is 10.4. The number of unbranched alkanes of at least 4 members (excludes halogenated alkanes) is 2. The smallest absolute Gasteiger partial charge is 0.0621 e. The van der Waals surface area contributed by atoms with Gasteiger partial charge in [0.25, 0.3) is 0 Å². The molecular weight excluding hydrogens is 186 g/mol. The molecule has 64 valence electrons. The molecular formula is C9H11NS2. The summed E-state index contributed by atoms with van der Waals surface area (Å²) in [7, 11) is 0. The lowest BCUT2D eigenvalue weighted by atomic mass is 10.3. The Morgan fingerprint density at radius 1 is 1.50 bits per heavy atom. The lowest BCUT2D eigenvalue weighted by Crippen LogP contribution is -1.77. The number of nitrogens with zero attached hydrogens (tertiary/aromatic N) is 1. The molecule has 0 aromatic carbocycles. The average Bonchev–Trinajstić information content (AvgIpc) is 2.57. The molecule has 0 unspecified atom stereocenters. The Morgan fingerprint density at radius 3 is 3.08 bits per heavy atom. The van der Waals surface area contributed by atoms with Gasteiger partial charge in [0, 0.05) is 6.42 Å². The fraction of sp³-hybridized carbons (Fsp3) is 0.444. The van der Waals surface area contributed by atoms with Crippen molar-refractivity contribution < 1.29 is 0 Å². The molecule has 0 atom stereocenters. The molecule has 0 aliphatic rings. The fourth-order valence-corrected chi connectivity index (χ4v) is 2.69. The Labute approximate surface area is 81.4 Å². The van der Waals surface area contributed by atoms with Crippen LogP contribution in [-0.4, -0.2) is 5.75 Å². The van der Waals surface area contributed by atoms with E-state index in [2.05, 4.69) is 23.6 Å². The summed E-state index contributed by atoms with van der Waals surface area (Å²) in [5.41, 5.74) is 0. The van der Waals surface area contributed by atoms with E-state index in [9.17, 15) is 0 Å². The lowest BCUT2D eigenvalue weighted by molar-refractivity contribution is 0.830. The summed E-state index contributed by atoms with van der Waals surface area (Å²) in [6, 6.07) is 6.36. The zero-order chi connectivity index (χ0) is 8.65. The zero-order valence-corrected chi connectivity index (χ0v) is 8.46. The maximum Gasteiger partial charge on any atom is 0.0621 e. The minimum absolute atomic E-state index is 0.699. The minimum atomic E-state index is 0.699. The number of hydrogen-bond acceptors (Lipinski definition) is 3. The van der Waals surface area contributed by atoms with Crippen LogP contribution in [0.15, 0.2) is 21.7 Å². The molecule has 0 bridgehead atoms. The molecule has 0 saturated carbocycles. The summed E-state index contributed by atoms with van der Waals surface area (Å²) < 4.78 is 1.38. The topological polar surface area (TPSA) is 23.8 Å². The second-order valence-electron chi connectivity index (χ2n) is 2.40. The van der Waals surface area contributed by atoms with Gasteiger partial charge in [-0.2, -0.15) is 5.26 Å². The van der Waals surface area contributed by atoms with E-state index in [4.69, 9.17) is 5.26 Å². The van der Waals surface area contributed by atoms with E-state index in [0.29, 0.717) is 6.42 Å². The van der Waals surface area contributed by atoms with Crippen molar-refractivity contribution in [1.82, 2.24) is 0 Å². The average molecular weight is 197 g/mol. The third-order valence-corrected chi connectivity index (χ3v) is 3.64. The Kier molecular flexibility index (Phi) is 4.89. The monoisotopic (exact) mass is 197 g/mol. The van der Waals surface area contributed by atoms with Crippen molar-refractivity contribution in [3.63, 3.8) is 0 Å². The van der Waals surface area contributed by atoms with Gasteiger partial charge in [-0.05, 0) is 30.0 Å². The fourth-order valence-electron chi connectivity index (χ4n) is 0.824. The second-order valence-corrected chi connectivity index (χ2v) is 4.74. The summed E-state index contributed by atoms with van der Waals surface area (Å²) in [6.45, 7) is 0. The number of rotatable bonds is 5. The highest BCUT2D eigenvalue weighted by atomic mass is 32.2. The standard InChI is InChI=1S/C9H11NS2/c10-6-2-1-3-7-11-9-5-4-8-12-9/h4-5,8H,1-3,7H2. The summed E-state index contributed by atoms with van der Waals surface area (Å²) in [4.78, 5) is 0. The van der Waals surface area contributed by atoms with Gasteiger partial charge in [0.2, 0.25) is 0 Å². The van der Waals surface area contributed by atoms with Crippen LogP contribution >= 0.6 is 23.1 Å². The van der Waals surface area contributed by atoms with Gasteiger partial charge < -0.3 is 0 Å². The number of nitriles is 1. The molecule has 1 aromatic rings. The van der Waals surface area contributed by atoms with Crippen molar-refractivity contribution in [2.45, 2.75) is 23.5 Å². The van der Waals surface area contributed by atoms with Crippen LogP contribution in [0.25, 0.3) is 0 Å². The molecule has 0 amide bonds. The molecule has 12 heavy (non-hydrogen) atoms. The Balaban J connectivity index is 2.01. The van der Waals surface area contributed by atoms with Crippen molar-refractivity contribution in [2.75, 3.05) is 5.75 Å². The molecule has 0 saturated heterocycles. The van der Waals surface area contributed by atoms with Gasteiger partial charge in [0.1, 0.15) is 0 Å². The van der Waals surface area contributed by atoms with Crippen LogP contribution in [0, 0.1) is 11.3 Å². The van der Waals surface area contributed by atoms with Gasteiger partial charge >= 0.3 is 0 Å². The Bertz CT molecular complexity index is 236. The SMILES string of the molecule is N#CCCCCSc1cccs1. The number of thiophene rings is 1. The van der Waals surface area contributed by atoms with Gasteiger partial charge in [-0.3, -0.25) is 0 Å². The van der Waals surface area contributed by atoms with E-state index in [1.807, 2.05) is 11.8 Å². The van der Waals surface area contributed by atoms with Crippen molar-refractivity contribution in [3.05, 3.63) is 17.5 Å². The van der Waals surface area contributed by atoms with E-state index in [0.717, 1.165) is 18.6 Å². The van der Waals surface area contributed by atoms with E-state index >= 15 is 0 Å². The molecule has 0 aliphatic carbocycles. The van der Waals surface area contributed by atoms with Crippen LogP contribution in [-0.2, 0) is 0 Å². The van der Waals surface area contributed by atoms with Crippen LogP contribution in [0.1, 0.15) is 19.3 Å². The van der Waals surface area contributed by atoms with Gasteiger partial charge in [-0.25, -0.2) is 0 Å². The van der Waals surface area contributed by atoms with E-state index < -0.39 is 0 Å². The summed E-state index contributed by atoms with van der Waals surface area (Å²) in [6.07, 6.45) is 2.88. The van der Waals surface area contributed by atoms with Crippen LogP contribution < -0.4 is 0 Å². The molecule has 0 N–H and O–H groups in total. The molecule has 1 heterocycles. The van der Waals surface area contributed by atoms with Crippen LogP contribution in [0.3, 0.4) is 0 Å². The zero-order valence-electron chi connectivity index (χ0n) is 6.82. The number of thioether (sulfide) groups is 1. The lowest BCUT2D eigenvalue weighted by Gasteiger charge is -1.95. The molecule has 3 heteroatoms. The molecule has 0 fully saturated rings. The van der Waals surface area contributed by atoms with Crippen LogP contribution in [0.2, 0.25) is 0 Å². The van der Waals surface area contributed by atoms with Crippen LogP contribution in [0.5, 0.6) is 0 Å². The first-order chi connectivity index (χ1) is 5.93. The number of hydrogen-bond donors (Lipinski definition) is 0. The Hall–Kier alpha value is -0.460. The van der Waals surface area contributed by atoms with Crippen molar-refractivity contribution in [2.24, 2.45) is 0 Å². The molecule has 1 nitrogen and oxygen atoms in total. The largest absolute Gasteiger partial charge is 0.198 e. The van der Waals surface area contributed by atoms with E-state index in [-0.39, 0.29) is 0 Å². The van der Waals surface area contributed by atoms with E-state index in [1.54, 1.807) is 11.3 Å². The highest BCUT2D eigenvalue weighted by Gasteiger charge is 1.93. The maximum absolute atomic E-state index is 8.29. The second kappa shape index (κ2) is 6.10. The van der Waals surface area contributed by atoms with Crippen molar-refractivity contribution in [3.8, 4) is 6.07 Å². The molecule has 0 radical (unpaired) electrons. The third kappa shape index (κ3) is 3.80. The van der Waals surface area contributed by atoms with E-state index in [1.165, 1.54) is 4.21 Å². The van der Waals surface area contributed by atoms with Gasteiger partial charge in [-0.15, -0.1) is 23.1 Å². The summed E-state index contributed by atoms with van der Waals surface area (Å²) in [5.74, 6) is 1.14.